The average Bonchev–Trinajstić information content (AvgIpc) is 2.81. The number of thioether (sulfide) groups is 1. The minimum absolute atomic E-state index is 0.00851. The second kappa shape index (κ2) is 9.42. The number of ketones is 1. The minimum atomic E-state index is -0.396. The summed E-state index contributed by atoms with van der Waals surface area (Å²) in [5, 5.41) is 3.18. The number of aromatic nitrogens is 2. The molecule has 2 aromatic carbocycles. The first-order valence-corrected chi connectivity index (χ1v) is 11.6. The third-order valence-electron chi connectivity index (χ3n) is 5.29. The number of pyridine rings is 2. The molecule has 0 fully saturated rings. The molecule has 0 aliphatic carbocycles. The van der Waals surface area contributed by atoms with E-state index >= 15 is 0 Å². The van der Waals surface area contributed by atoms with Crippen molar-refractivity contribution >= 4 is 40.2 Å². The summed E-state index contributed by atoms with van der Waals surface area (Å²) in [7, 11) is 0. The van der Waals surface area contributed by atoms with Gasteiger partial charge in [-0.2, -0.15) is 0 Å². The Kier molecular flexibility index (Phi) is 6.42. The van der Waals surface area contributed by atoms with Gasteiger partial charge in [0.05, 0.1) is 10.9 Å². The number of amides is 1. The van der Waals surface area contributed by atoms with Crippen molar-refractivity contribution in [2.45, 2.75) is 25.3 Å². The van der Waals surface area contributed by atoms with Crippen LogP contribution in [0.5, 0.6) is 0 Å². The fourth-order valence-corrected chi connectivity index (χ4v) is 4.02. The summed E-state index contributed by atoms with van der Waals surface area (Å²) in [6.45, 7) is 3.65. The summed E-state index contributed by atoms with van der Waals surface area (Å²) in [6, 6.07) is 18.0. The van der Waals surface area contributed by atoms with Crippen LogP contribution in [0.2, 0.25) is 0 Å². The SMILES string of the molecule is CSc1cccc(NC(=O)Cn2cc(C(=O)c3ccc(C)cc3)c(=O)c3ccc(C)nc32)c1. The van der Waals surface area contributed by atoms with Gasteiger partial charge < -0.3 is 9.88 Å². The topological polar surface area (TPSA) is 81.1 Å². The molecule has 0 atom stereocenters. The van der Waals surface area contributed by atoms with Gasteiger partial charge in [-0.1, -0.05) is 35.9 Å². The molecule has 0 aliphatic rings. The number of aryl methyl sites for hydroxylation is 2. The second-order valence-corrected chi connectivity index (χ2v) is 8.68. The summed E-state index contributed by atoms with van der Waals surface area (Å²) in [4.78, 5) is 44.7. The fourth-order valence-electron chi connectivity index (χ4n) is 3.56. The van der Waals surface area contributed by atoms with E-state index in [1.807, 2.05) is 56.5 Å². The van der Waals surface area contributed by atoms with Gasteiger partial charge in [-0.25, -0.2) is 4.98 Å². The highest BCUT2D eigenvalue weighted by Gasteiger charge is 2.19. The molecule has 1 N–H and O–H groups in total. The highest BCUT2D eigenvalue weighted by atomic mass is 32.2. The van der Waals surface area contributed by atoms with Crippen LogP contribution in [0, 0.1) is 13.8 Å². The number of nitrogens with zero attached hydrogens (tertiary/aromatic N) is 2. The van der Waals surface area contributed by atoms with Crippen molar-refractivity contribution in [1.82, 2.24) is 9.55 Å². The van der Waals surface area contributed by atoms with E-state index in [4.69, 9.17) is 0 Å². The van der Waals surface area contributed by atoms with E-state index in [1.54, 1.807) is 40.6 Å². The number of hydrogen-bond acceptors (Lipinski definition) is 5. The van der Waals surface area contributed by atoms with Crippen LogP contribution in [0.15, 0.2) is 76.6 Å². The lowest BCUT2D eigenvalue weighted by molar-refractivity contribution is -0.116. The average molecular weight is 458 g/mol. The van der Waals surface area contributed by atoms with Crippen molar-refractivity contribution in [3.63, 3.8) is 0 Å². The highest BCUT2D eigenvalue weighted by molar-refractivity contribution is 7.98. The number of nitrogens with one attached hydrogen (secondary N) is 1. The van der Waals surface area contributed by atoms with Crippen LogP contribution < -0.4 is 10.7 Å². The van der Waals surface area contributed by atoms with Crippen molar-refractivity contribution in [1.29, 1.82) is 0 Å². The molecule has 0 spiro atoms. The standard InChI is InChI=1S/C26H23N3O3S/c1-16-7-10-18(11-8-16)24(31)22-14-29(26-21(25(22)32)12-9-17(2)27-26)15-23(30)28-19-5-4-6-20(13-19)33-3/h4-14H,15H2,1-3H3,(H,28,30). The third-order valence-corrected chi connectivity index (χ3v) is 6.01. The van der Waals surface area contributed by atoms with Crippen molar-refractivity contribution in [3.05, 3.63) is 99.5 Å². The van der Waals surface area contributed by atoms with Gasteiger partial charge in [0.1, 0.15) is 12.2 Å². The van der Waals surface area contributed by atoms with Gasteiger partial charge in [0.2, 0.25) is 11.3 Å². The van der Waals surface area contributed by atoms with Crippen LogP contribution in [-0.4, -0.2) is 27.5 Å². The van der Waals surface area contributed by atoms with Crippen molar-refractivity contribution in [3.8, 4) is 0 Å². The predicted molar refractivity (Wildman–Crippen MR) is 132 cm³/mol. The van der Waals surface area contributed by atoms with E-state index in [2.05, 4.69) is 10.3 Å². The summed E-state index contributed by atoms with van der Waals surface area (Å²) >= 11 is 1.58. The quantitative estimate of drug-likeness (QED) is 0.338. The maximum Gasteiger partial charge on any atom is 0.244 e. The molecule has 7 heteroatoms. The minimum Gasteiger partial charge on any atom is -0.324 e. The summed E-state index contributed by atoms with van der Waals surface area (Å²) in [5.41, 5.74) is 2.81. The van der Waals surface area contributed by atoms with E-state index in [0.29, 0.717) is 28.0 Å². The highest BCUT2D eigenvalue weighted by Crippen LogP contribution is 2.19. The second-order valence-electron chi connectivity index (χ2n) is 7.80. The molecule has 0 saturated carbocycles. The van der Waals surface area contributed by atoms with Crippen LogP contribution in [0.1, 0.15) is 27.2 Å². The van der Waals surface area contributed by atoms with E-state index < -0.39 is 5.43 Å². The largest absolute Gasteiger partial charge is 0.324 e. The lowest BCUT2D eigenvalue weighted by Gasteiger charge is -2.13. The molecule has 0 bridgehead atoms. The van der Waals surface area contributed by atoms with E-state index in [0.717, 1.165) is 10.5 Å². The Bertz CT molecular complexity index is 1430. The summed E-state index contributed by atoms with van der Waals surface area (Å²) < 4.78 is 1.57. The zero-order valence-corrected chi connectivity index (χ0v) is 19.4. The number of benzene rings is 2. The van der Waals surface area contributed by atoms with Crippen LogP contribution >= 0.6 is 11.8 Å². The zero-order valence-electron chi connectivity index (χ0n) is 18.6. The molecule has 0 unspecified atom stereocenters. The fraction of sp³-hybridized carbons (Fsp3) is 0.154. The Balaban J connectivity index is 1.74. The number of hydrogen-bond donors (Lipinski definition) is 1. The van der Waals surface area contributed by atoms with Gasteiger partial charge in [-0.05, 0) is 50.4 Å². The Morgan fingerprint density at radius 2 is 1.79 bits per heavy atom. The molecule has 4 aromatic rings. The smallest absolute Gasteiger partial charge is 0.244 e. The Morgan fingerprint density at radius 1 is 1.03 bits per heavy atom. The Hall–Kier alpha value is -3.71. The molecule has 0 aliphatic heterocycles. The molecule has 166 valence electrons. The summed E-state index contributed by atoms with van der Waals surface area (Å²) in [5.74, 6) is -0.667. The van der Waals surface area contributed by atoms with E-state index in [9.17, 15) is 14.4 Å². The Morgan fingerprint density at radius 3 is 2.52 bits per heavy atom. The van der Waals surface area contributed by atoms with Gasteiger partial charge in [-0.15, -0.1) is 11.8 Å². The zero-order chi connectivity index (χ0) is 23.5. The van der Waals surface area contributed by atoms with Crippen LogP contribution in [0.3, 0.4) is 0 Å². The molecule has 6 nitrogen and oxygen atoms in total. The first kappa shape index (κ1) is 22.5. The maximum atomic E-state index is 13.2. The molecule has 0 saturated heterocycles. The number of fused-ring (bicyclic) bond motifs is 1. The van der Waals surface area contributed by atoms with Gasteiger partial charge >= 0.3 is 0 Å². The first-order valence-electron chi connectivity index (χ1n) is 10.4. The van der Waals surface area contributed by atoms with Gasteiger partial charge in [0.15, 0.2) is 5.78 Å². The molecular formula is C26H23N3O3S. The van der Waals surface area contributed by atoms with Gasteiger partial charge in [-0.3, -0.25) is 14.4 Å². The van der Waals surface area contributed by atoms with Crippen molar-refractivity contribution in [2.24, 2.45) is 0 Å². The predicted octanol–water partition coefficient (Wildman–Crippen LogP) is 4.60. The first-order chi connectivity index (χ1) is 15.9. The number of carbonyl (C=O) groups excluding carboxylic acids is 2. The number of anilines is 1. The lowest BCUT2D eigenvalue weighted by Crippen LogP contribution is -2.25. The Labute approximate surface area is 195 Å². The number of carbonyl (C=O) groups is 2. The molecule has 2 heterocycles. The monoisotopic (exact) mass is 457 g/mol. The summed E-state index contributed by atoms with van der Waals surface area (Å²) in [6.07, 6.45) is 3.41. The third kappa shape index (κ3) is 4.88. The van der Waals surface area contributed by atoms with E-state index in [1.165, 1.54) is 6.20 Å². The van der Waals surface area contributed by atoms with E-state index in [-0.39, 0.29) is 23.8 Å². The molecular weight excluding hydrogens is 434 g/mol. The molecule has 2 aromatic heterocycles. The van der Waals surface area contributed by atoms with Gasteiger partial charge in [0, 0.05) is 28.0 Å². The lowest BCUT2D eigenvalue weighted by atomic mass is 10.0. The molecule has 33 heavy (non-hydrogen) atoms. The number of rotatable bonds is 6. The van der Waals surface area contributed by atoms with Crippen LogP contribution in [0.4, 0.5) is 5.69 Å². The molecule has 1 amide bonds. The normalized spacial score (nSPS) is 10.9. The maximum absolute atomic E-state index is 13.2. The van der Waals surface area contributed by atoms with Crippen LogP contribution in [-0.2, 0) is 11.3 Å². The molecule has 4 rings (SSSR count). The van der Waals surface area contributed by atoms with Crippen molar-refractivity contribution < 1.29 is 9.59 Å². The van der Waals surface area contributed by atoms with Crippen molar-refractivity contribution in [2.75, 3.05) is 11.6 Å². The van der Waals surface area contributed by atoms with Crippen LogP contribution in [0.25, 0.3) is 11.0 Å². The molecule has 0 radical (unpaired) electrons. The van der Waals surface area contributed by atoms with Gasteiger partial charge in [0.25, 0.3) is 0 Å².